The molecule has 1 saturated heterocycles. The molecule has 0 amide bonds. The second-order valence-corrected chi connectivity index (χ2v) is 5.25. The predicted molar refractivity (Wildman–Crippen MR) is 84.0 cm³/mol. The molecule has 3 rings (SSSR count). The van der Waals surface area contributed by atoms with Crippen LogP contribution in [0.4, 0.5) is 0 Å². The van der Waals surface area contributed by atoms with E-state index in [9.17, 15) is 14.7 Å². The number of ketones is 1. The summed E-state index contributed by atoms with van der Waals surface area (Å²) in [5, 5.41) is 9.23. The third-order valence-electron chi connectivity index (χ3n) is 3.52. The molecule has 0 saturated carbocycles. The molecule has 1 heterocycles. The van der Waals surface area contributed by atoms with E-state index in [0.29, 0.717) is 11.5 Å². The van der Waals surface area contributed by atoms with Crippen molar-refractivity contribution in [1.29, 1.82) is 0 Å². The molecule has 2 atom stereocenters. The van der Waals surface area contributed by atoms with Crippen LogP contribution in [0.2, 0.25) is 0 Å². The van der Waals surface area contributed by atoms with Crippen molar-refractivity contribution in [3.8, 4) is 17.2 Å². The summed E-state index contributed by atoms with van der Waals surface area (Å²) in [6.07, 6.45) is -2.40. The normalized spacial score (nSPS) is 19.9. The van der Waals surface area contributed by atoms with E-state index in [2.05, 4.69) is 0 Å². The Morgan fingerprint density at radius 3 is 2.17 bits per heavy atom. The van der Waals surface area contributed by atoms with E-state index in [1.165, 1.54) is 0 Å². The van der Waals surface area contributed by atoms with Gasteiger partial charge in [-0.3, -0.25) is 4.79 Å². The molecule has 2 aromatic carbocycles. The Morgan fingerprint density at radius 2 is 1.54 bits per heavy atom. The number of hydrogen-bond acceptors (Lipinski definition) is 6. The minimum absolute atomic E-state index is 0.190. The monoisotopic (exact) mass is 328 g/mol. The lowest BCUT2D eigenvalue weighted by Gasteiger charge is -2.10. The van der Waals surface area contributed by atoms with Crippen molar-refractivity contribution in [2.45, 2.75) is 18.6 Å². The van der Waals surface area contributed by atoms with Crippen molar-refractivity contribution in [3.05, 3.63) is 54.6 Å². The molecule has 1 fully saturated rings. The number of hydrogen-bond donors (Lipinski definition) is 1. The summed E-state index contributed by atoms with van der Waals surface area (Å²) in [6, 6.07) is 16.4. The first-order chi connectivity index (χ1) is 11.6. The molecule has 0 radical (unpaired) electrons. The van der Waals surface area contributed by atoms with Crippen LogP contribution in [0, 0.1) is 0 Å². The zero-order valence-corrected chi connectivity index (χ0v) is 12.8. The number of carbonyl (C=O) groups is 2. The highest BCUT2D eigenvalue weighted by atomic mass is 16.6. The number of aliphatic hydroxyl groups excluding tert-OH is 1. The molecule has 2 aromatic rings. The highest BCUT2D eigenvalue weighted by molar-refractivity contribution is 6.08. The van der Waals surface area contributed by atoms with Crippen LogP contribution in [0.5, 0.6) is 17.2 Å². The molecule has 0 aliphatic carbocycles. The molecule has 24 heavy (non-hydrogen) atoms. The van der Waals surface area contributed by atoms with Gasteiger partial charge in [-0.25, -0.2) is 4.79 Å². The Bertz CT molecular complexity index is 710. The van der Waals surface area contributed by atoms with Gasteiger partial charge in [0.25, 0.3) is 0 Å². The van der Waals surface area contributed by atoms with Crippen LogP contribution >= 0.6 is 0 Å². The van der Waals surface area contributed by atoms with Gasteiger partial charge in [-0.15, -0.1) is 0 Å². The van der Waals surface area contributed by atoms with Gasteiger partial charge in [0, 0.05) is 6.42 Å². The Kier molecular flexibility index (Phi) is 4.77. The first kappa shape index (κ1) is 16.0. The van der Waals surface area contributed by atoms with Crippen molar-refractivity contribution in [2.24, 2.45) is 0 Å². The number of rotatable bonds is 6. The maximum Gasteiger partial charge on any atom is 0.343 e. The van der Waals surface area contributed by atoms with Crippen LogP contribution in [-0.4, -0.2) is 35.7 Å². The predicted octanol–water partition coefficient (Wildman–Crippen LogP) is 2.10. The maximum absolute atomic E-state index is 11.5. The summed E-state index contributed by atoms with van der Waals surface area (Å²) in [5.74, 6) is 0.512. The third-order valence-corrected chi connectivity index (χ3v) is 3.52. The summed E-state index contributed by atoms with van der Waals surface area (Å²) in [7, 11) is 0. The lowest BCUT2D eigenvalue weighted by atomic mass is 10.1. The lowest BCUT2D eigenvalue weighted by molar-refractivity contribution is -0.147. The fourth-order valence-electron chi connectivity index (χ4n) is 2.27. The number of esters is 1. The molecule has 0 aromatic heterocycles. The van der Waals surface area contributed by atoms with Gasteiger partial charge in [-0.1, -0.05) is 18.2 Å². The fourth-order valence-corrected chi connectivity index (χ4v) is 2.27. The molecule has 124 valence electrons. The molecule has 1 aliphatic rings. The number of para-hydroxylation sites is 1. The smallest absolute Gasteiger partial charge is 0.343 e. The molecule has 6 nitrogen and oxygen atoms in total. The topological polar surface area (TPSA) is 82.1 Å². The first-order valence-corrected chi connectivity index (χ1v) is 7.51. The van der Waals surface area contributed by atoms with Gasteiger partial charge in [-0.2, -0.15) is 0 Å². The van der Waals surface area contributed by atoms with Gasteiger partial charge in [0.1, 0.15) is 17.2 Å². The van der Waals surface area contributed by atoms with E-state index < -0.39 is 24.0 Å². The van der Waals surface area contributed by atoms with Gasteiger partial charge in [0.15, 0.2) is 6.10 Å². The molecule has 2 unspecified atom stereocenters. The Balaban J connectivity index is 1.48. The van der Waals surface area contributed by atoms with E-state index >= 15 is 0 Å². The molecule has 6 heteroatoms. The van der Waals surface area contributed by atoms with Gasteiger partial charge in [0.05, 0.1) is 6.61 Å². The number of cyclic esters (lactones) is 1. The molecule has 0 spiro atoms. The van der Waals surface area contributed by atoms with Crippen molar-refractivity contribution < 1.29 is 28.9 Å². The highest BCUT2D eigenvalue weighted by Gasteiger charge is 2.41. The quantitative estimate of drug-likeness (QED) is 0.646. The van der Waals surface area contributed by atoms with Crippen molar-refractivity contribution in [1.82, 2.24) is 0 Å². The number of carbonyl (C=O) groups excluding carboxylic acids is 2. The minimum Gasteiger partial charge on any atom is -0.493 e. The summed E-state index contributed by atoms with van der Waals surface area (Å²) in [5.41, 5.74) is 0. The van der Waals surface area contributed by atoms with Crippen LogP contribution < -0.4 is 9.47 Å². The van der Waals surface area contributed by atoms with Crippen LogP contribution in [0.15, 0.2) is 54.6 Å². The van der Waals surface area contributed by atoms with Gasteiger partial charge < -0.3 is 19.3 Å². The molecule has 1 N–H and O–H groups in total. The molecule has 0 bridgehead atoms. The highest BCUT2D eigenvalue weighted by Crippen LogP contribution is 2.24. The molecular weight excluding hydrogens is 312 g/mol. The van der Waals surface area contributed by atoms with Crippen molar-refractivity contribution in [2.75, 3.05) is 6.61 Å². The second-order valence-electron chi connectivity index (χ2n) is 5.25. The van der Waals surface area contributed by atoms with E-state index in [4.69, 9.17) is 14.2 Å². The first-order valence-electron chi connectivity index (χ1n) is 7.51. The van der Waals surface area contributed by atoms with Crippen LogP contribution in [-0.2, 0) is 14.3 Å². The minimum atomic E-state index is -1.66. The number of Topliss-reactive ketones (excluding diaryl/α,β-unsaturated/α-hetero) is 1. The molecular formula is C18H16O6. The average Bonchev–Trinajstić information content (AvgIpc) is 2.84. The van der Waals surface area contributed by atoms with E-state index in [1.807, 2.05) is 30.3 Å². The zero-order valence-electron chi connectivity index (χ0n) is 12.8. The van der Waals surface area contributed by atoms with Crippen molar-refractivity contribution >= 4 is 11.8 Å². The van der Waals surface area contributed by atoms with Gasteiger partial charge >= 0.3 is 5.97 Å². The number of benzene rings is 2. The van der Waals surface area contributed by atoms with E-state index in [-0.39, 0.29) is 13.0 Å². The number of aliphatic hydroxyl groups is 1. The zero-order chi connectivity index (χ0) is 16.9. The number of ether oxygens (including phenoxy) is 3. The maximum atomic E-state index is 11.5. The third kappa shape index (κ3) is 3.72. The standard InChI is InChI=1S/C18H16O6/c19-16-15(24-18(21)17(16)20)10-11-22-12-6-8-14(9-7-12)23-13-4-2-1-3-5-13/h1-9,15,17,20H,10-11H2. The summed E-state index contributed by atoms with van der Waals surface area (Å²) in [4.78, 5) is 22.6. The molecule has 1 aliphatic heterocycles. The fraction of sp³-hybridized carbons (Fsp3) is 0.222. The van der Waals surface area contributed by atoms with Crippen molar-refractivity contribution in [3.63, 3.8) is 0 Å². The Labute approximate surface area is 138 Å². The van der Waals surface area contributed by atoms with E-state index in [1.54, 1.807) is 24.3 Å². The largest absolute Gasteiger partial charge is 0.493 e. The Hall–Kier alpha value is -2.86. The summed E-state index contributed by atoms with van der Waals surface area (Å²) in [6.45, 7) is 0.190. The average molecular weight is 328 g/mol. The SMILES string of the molecule is O=C1OC(CCOc2ccc(Oc3ccccc3)cc2)C(=O)C1O. The Morgan fingerprint density at radius 1 is 0.917 bits per heavy atom. The van der Waals surface area contributed by atoms with Crippen LogP contribution in [0.3, 0.4) is 0 Å². The summed E-state index contributed by atoms with van der Waals surface area (Å²) >= 11 is 0. The van der Waals surface area contributed by atoms with Crippen LogP contribution in [0.25, 0.3) is 0 Å². The van der Waals surface area contributed by atoms with Crippen LogP contribution in [0.1, 0.15) is 6.42 Å². The second kappa shape index (κ2) is 7.14. The van der Waals surface area contributed by atoms with E-state index in [0.717, 1.165) is 5.75 Å². The van der Waals surface area contributed by atoms with Gasteiger partial charge in [-0.05, 0) is 36.4 Å². The van der Waals surface area contributed by atoms with Gasteiger partial charge in [0.2, 0.25) is 11.9 Å². The lowest BCUT2D eigenvalue weighted by Crippen LogP contribution is -2.26. The summed E-state index contributed by atoms with van der Waals surface area (Å²) < 4.78 is 16.0.